The number of fused-ring (bicyclic) bond motifs is 1. The van der Waals surface area contributed by atoms with E-state index in [1.165, 1.54) is 0 Å². The third kappa shape index (κ3) is 2.90. The first-order valence-electron chi connectivity index (χ1n) is 8.16. The van der Waals surface area contributed by atoms with Crippen LogP contribution in [0.25, 0.3) is 10.8 Å². The summed E-state index contributed by atoms with van der Waals surface area (Å²) in [7, 11) is 2.00. The lowest BCUT2D eigenvalue weighted by Crippen LogP contribution is -2.38. The summed E-state index contributed by atoms with van der Waals surface area (Å²) < 4.78 is 33.4. The van der Waals surface area contributed by atoms with Gasteiger partial charge in [-0.05, 0) is 25.0 Å². The molecule has 0 amide bonds. The van der Waals surface area contributed by atoms with Gasteiger partial charge in [-0.3, -0.25) is 0 Å². The molecule has 0 unspecified atom stereocenters. The van der Waals surface area contributed by atoms with Crippen molar-refractivity contribution in [1.29, 1.82) is 0 Å². The molecule has 6 heteroatoms. The molecule has 1 aliphatic rings. The molecule has 0 N–H and O–H groups in total. The summed E-state index contributed by atoms with van der Waals surface area (Å²) in [6, 6.07) is 11.2. The normalized spacial score (nSPS) is 19.0. The minimum absolute atomic E-state index is 0.0766. The highest BCUT2D eigenvalue weighted by atomic mass is 32.2. The maximum Gasteiger partial charge on any atom is 0.244 e. The van der Waals surface area contributed by atoms with Gasteiger partial charge in [0.25, 0.3) is 0 Å². The molecular formula is C18H24N2O3S. The van der Waals surface area contributed by atoms with E-state index in [9.17, 15) is 8.42 Å². The molecule has 24 heavy (non-hydrogen) atoms. The van der Waals surface area contributed by atoms with E-state index in [0.29, 0.717) is 18.0 Å². The highest BCUT2D eigenvalue weighted by Crippen LogP contribution is 2.34. The first-order valence-corrected chi connectivity index (χ1v) is 9.60. The number of benzene rings is 2. The number of hydrogen-bond acceptors (Lipinski definition) is 4. The predicted molar refractivity (Wildman–Crippen MR) is 97.1 cm³/mol. The summed E-state index contributed by atoms with van der Waals surface area (Å²) in [4.78, 5) is 2.38. The zero-order chi connectivity index (χ0) is 17.3. The number of nitrogens with zero attached hydrogens (tertiary/aromatic N) is 2. The Morgan fingerprint density at radius 3 is 2.58 bits per heavy atom. The summed E-state index contributed by atoms with van der Waals surface area (Å²) in [5, 5.41) is 1.72. The van der Waals surface area contributed by atoms with Gasteiger partial charge >= 0.3 is 0 Å². The molecule has 0 spiro atoms. The van der Waals surface area contributed by atoms with Crippen LogP contribution in [0.3, 0.4) is 0 Å². The van der Waals surface area contributed by atoms with Crippen LogP contribution in [0.2, 0.25) is 0 Å². The Labute approximate surface area is 143 Å². The quantitative estimate of drug-likeness (QED) is 0.834. The van der Waals surface area contributed by atoms with E-state index in [2.05, 4.69) is 0 Å². The topological polar surface area (TPSA) is 49.9 Å². The Bertz CT molecular complexity index is 833. The van der Waals surface area contributed by atoms with Crippen LogP contribution in [0.4, 0.5) is 5.69 Å². The Morgan fingerprint density at radius 2 is 1.88 bits per heavy atom. The molecule has 130 valence electrons. The average molecular weight is 348 g/mol. The number of sulfonamides is 1. The fraction of sp³-hybridized carbons (Fsp3) is 0.444. The van der Waals surface area contributed by atoms with Crippen LogP contribution in [-0.2, 0) is 14.8 Å². The van der Waals surface area contributed by atoms with Crippen molar-refractivity contribution in [3.8, 4) is 0 Å². The van der Waals surface area contributed by atoms with E-state index in [4.69, 9.17) is 4.74 Å². The van der Waals surface area contributed by atoms with Gasteiger partial charge in [0.15, 0.2) is 0 Å². The third-order valence-corrected chi connectivity index (χ3v) is 6.62. The second-order valence-electron chi connectivity index (χ2n) is 6.39. The molecule has 1 saturated heterocycles. The van der Waals surface area contributed by atoms with Crippen molar-refractivity contribution in [2.75, 3.05) is 39.3 Å². The fourth-order valence-corrected chi connectivity index (χ4v) is 5.38. The molecule has 1 fully saturated rings. The molecule has 2 aromatic carbocycles. The molecule has 0 radical (unpaired) electrons. The van der Waals surface area contributed by atoms with Crippen LogP contribution in [-0.4, -0.2) is 53.1 Å². The molecule has 0 bridgehead atoms. The van der Waals surface area contributed by atoms with Crippen LogP contribution < -0.4 is 4.90 Å². The lowest BCUT2D eigenvalue weighted by atomic mass is 10.1. The van der Waals surface area contributed by atoms with Crippen molar-refractivity contribution in [2.24, 2.45) is 0 Å². The van der Waals surface area contributed by atoms with Crippen LogP contribution in [0.15, 0.2) is 41.3 Å². The largest absolute Gasteiger partial charge is 0.383 e. The van der Waals surface area contributed by atoms with E-state index in [1.54, 1.807) is 17.5 Å². The second kappa shape index (κ2) is 6.70. The van der Waals surface area contributed by atoms with Crippen LogP contribution in [0.5, 0.6) is 0 Å². The van der Waals surface area contributed by atoms with Crippen molar-refractivity contribution in [2.45, 2.75) is 23.8 Å². The zero-order valence-electron chi connectivity index (χ0n) is 14.4. The highest BCUT2D eigenvalue weighted by molar-refractivity contribution is 7.89. The van der Waals surface area contributed by atoms with Crippen molar-refractivity contribution < 1.29 is 13.2 Å². The molecule has 1 heterocycles. The molecule has 0 saturated carbocycles. The number of methoxy groups -OCH3 is 1. The van der Waals surface area contributed by atoms with Crippen molar-refractivity contribution in [3.05, 3.63) is 36.4 Å². The first kappa shape index (κ1) is 17.2. The Kier molecular flexibility index (Phi) is 4.80. The van der Waals surface area contributed by atoms with Gasteiger partial charge in [-0.15, -0.1) is 0 Å². The standard InChI is InChI=1S/C18H24N2O3S/c1-19(2)17-10-4-9-16-15(17)8-5-11-18(16)24(21,22)20-12-6-7-14(20)13-23-3/h4-5,8-11,14H,6-7,12-13H2,1-3H3/t14-/m0/s1. The van der Waals surface area contributed by atoms with Crippen LogP contribution in [0, 0.1) is 0 Å². The number of hydrogen-bond donors (Lipinski definition) is 0. The van der Waals surface area contributed by atoms with Gasteiger partial charge in [-0.1, -0.05) is 24.3 Å². The molecule has 5 nitrogen and oxygen atoms in total. The lowest BCUT2D eigenvalue weighted by Gasteiger charge is -2.24. The van der Waals surface area contributed by atoms with Crippen LogP contribution >= 0.6 is 0 Å². The number of rotatable bonds is 5. The number of ether oxygens (including phenoxy) is 1. The van der Waals surface area contributed by atoms with Gasteiger partial charge in [0, 0.05) is 50.3 Å². The summed E-state index contributed by atoms with van der Waals surface area (Å²) >= 11 is 0. The van der Waals surface area contributed by atoms with Gasteiger partial charge in [-0.2, -0.15) is 4.31 Å². The predicted octanol–water partition coefficient (Wildman–Crippen LogP) is 2.71. The summed E-state index contributed by atoms with van der Waals surface area (Å²) in [6.45, 7) is 0.993. The highest BCUT2D eigenvalue weighted by Gasteiger charge is 2.36. The van der Waals surface area contributed by atoms with Gasteiger partial charge in [0.05, 0.1) is 11.5 Å². The maximum absolute atomic E-state index is 13.3. The SMILES string of the molecule is COC[C@@H]1CCCN1S(=O)(=O)c1cccc2c(N(C)C)cccc12. The summed E-state index contributed by atoms with van der Waals surface area (Å²) in [5.74, 6) is 0. The second-order valence-corrected chi connectivity index (χ2v) is 8.25. The summed E-state index contributed by atoms with van der Waals surface area (Å²) in [6.07, 6.45) is 1.72. The Morgan fingerprint density at radius 1 is 1.17 bits per heavy atom. The maximum atomic E-state index is 13.3. The minimum Gasteiger partial charge on any atom is -0.383 e. The van der Waals surface area contributed by atoms with Gasteiger partial charge < -0.3 is 9.64 Å². The Hall–Kier alpha value is -1.63. The molecule has 1 aliphatic heterocycles. The van der Waals surface area contributed by atoms with E-state index >= 15 is 0 Å². The van der Waals surface area contributed by atoms with Crippen LogP contribution in [0.1, 0.15) is 12.8 Å². The molecule has 3 rings (SSSR count). The van der Waals surface area contributed by atoms with Gasteiger partial charge in [0.1, 0.15) is 0 Å². The fourth-order valence-electron chi connectivity index (χ4n) is 3.49. The van der Waals surface area contributed by atoms with Crippen molar-refractivity contribution in [1.82, 2.24) is 4.31 Å². The van der Waals surface area contributed by atoms with Gasteiger partial charge in [-0.25, -0.2) is 8.42 Å². The first-order chi connectivity index (χ1) is 11.5. The van der Waals surface area contributed by atoms with E-state index < -0.39 is 10.0 Å². The summed E-state index contributed by atoms with van der Waals surface area (Å²) in [5.41, 5.74) is 1.01. The molecule has 2 aromatic rings. The minimum atomic E-state index is -3.54. The average Bonchev–Trinajstić information content (AvgIpc) is 3.03. The Balaban J connectivity index is 2.13. The van der Waals surface area contributed by atoms with E-state index in [-0.39, 0.29) is 6.04 Å². The van der Waals surface area contributed by atoms with E-state index in [1.807, 2.05) is 49.3 Å². The molecule has 0 aliphatic carbocycles. The smallest absolute Gasteiger partial charge is 0.244 e. The monoisotopic (exact) mass is 348 g/mol. The van der Waals surface area contributed by atoms with E-state index in [0.717, 1.165) is 29.3 Å². The third-order valence-electron chi connectivity index (χ3n) is 4.61. The molecule has 0 aromatic heterocycles. The molecular weight excluding hydrogens is 324 g/mol. The lowest BCUT2D eigenvalue weighted by molar-refractivity contribution is 0.149. The number of anilines is 1. The van der Waals surface area contributed by atoms with Crippen molar-refractivity contribution >= 4 is 26.5 Å². The van der Waals surface area contributed by atoms with Gasteiger partial charge in [0.2, 0.25) is 10.0 Å². The molecule has 1 atom stereocenters. The van der Waals surface area contributed by atoms with Crippen molar-refractivity contribution in [3.63, 3.8) is 0 Å². The zero-order valence-corrected chi connectivity index (χ0v) is 15.2.